The molecule has 210 valence electrons. The van der Waals surface area contributed by atoms with E-state index in [4.69, 9.17) is 4.74 Å². The van der Waals surface area contributed by atoms with Crippen molar-refractivity contribution in [1.82, 2.24) is 20.9 Å². The van der Waals surface area contributed by atoms with Crippen LogP contribution in [0, 0.1) is 5.41 Å². The molecule has 0 aliphatic heterocycles. The summed E-state index contributed by atoms with van der Waals surface area (Å²) in [5.41, 5.74) is 0.688. The van der Waals surface area contributed by atoms with Gasteiger partial charge < -0.3 is 0 Å². The first kappa shape index (κ1) is 35.3. The quantitative estimate of drug-likeness (QED) is 0.0790. The Bertz CT molecular complexity index is 846. The molecule has 0 aliphatic rings. The van der Waals surface area contributed by atoms with E-state index in [1.807, 2.05) is 6.92 Å². The molecule has 0 bridgehead atoms. The fraction of sp³-hybridized carbons (Fsp3) is 0.818. The maximum absolute atomic E-state index is 13.6. The number of hydrogen-bond acceptors (Lipinski definition) is 10. The number of amides is 3. The van der Waals surface area contributed by atoms with E-state index in [2.05, 4.69) is 41.3 Å². The molecule has 36 heavy (non-hydrogen) atoms. The number of thioether (sulfide) groups is 1. The third-order valence-electron chi connectivity index (χ3n) is 5.05. The average Bonchev–Trinajstić information content (AvgIpc) is 2.77. The van der Waals surface area contributed by atoms with Gasteiger partial charge in [0.2, 0.25) is 0 Å². The zero-order valence-corrected chi connectivity index (χ0v) is 25.6. The standard InChI is InChI=1S/C22H42N4O6PS3/c1-8-21(6,17(29)24-13-15(2)27)14-22(7,35-12-9-16(28)23-10-11-34)18(30)36(33)26-25-19(31)32-20(3,4)5/h15,26-27,34H,8-14H2,1-7H3,(H,23,28)(H,24,29)(H,25,31)/q-1. The molecule has 0 rings (SSSR count). The van der Waals surface area contributed by atoms with Crippen molar-refractivity contribution in [3.05, 3.63) is 0 Å². The molecule has 3 unspecified atom stereocenters. The van der Waals surface area contributed by atoms with Gasteiger partial charge in [0, 0.05) is 0 Å². The van der Waals surface area contributed by atoms with Gasteiger partial charge in [-0.2, -0.15) is 0 Å². The molecule has 0 heterocycles. The van der Waals surface area contributed by atoms with E-state index in [1.165, 1.54) is 11.8 Å². The number of thiol groups is 1. The molecular formula is C22H42N4O6PS3-. The monoisotopic (exact) mass is 585 g/mol. The molecule has 3 amide bonds. The first-order valence-corrected chi connectivity index (χ1v) is 15.6. The summed E-state index contributed by atoms with van der Waals surface area (Å²) >= 11 is 5.34. The van der Waals surface area contributed by atoms with Crippen molar-refractivity contribution >= 4 is 65.3 Å². The number of carbonyl (C=O) groups is 4. The number of hydrazine groups is 1. The number of nitrogens with one attached hydrogen (secondary N) is 4. The van der Waals surface area contributed by atoms with E-state index >= 15 is 0 Å². The van der Waals surface area contributed by atoms with Gasteiger partial charge in [-0.3, -0.25) is 0 Å². The normalized spacial score (nSPS) is 15.8. The SMILES string of the molecule is CCC(C)(CC(C)(SCCC(=O)NCCS)C(=O)[S-](#P)NNC(=O)OC(C)(C)C)C(=O)NCC(C)O. The van der Waals surface area contributed by atoms with Gasteiger partial charge in [-0.1, -0.05) is 0 Å². The zero-order valence-electron chi connectivity index (χ0n) is 22.2. The third kappa shape index (κ3) is 13.7. The summed E-state index contributed by atoms with van der Waals surface area (Å²) in [6.45, 7) is 12.6. The van der Waals surface area contributed by atoms with Crippen LogP contribution in [0.25, 0.3) is 0 Å². The molecule has 0 saturated carbocycles. The van der Waals surface area contributed by atoms with Crippen molar-refractivity contribution in [1.29, 1.82) is 0 Å². The third-order valence-corrected chi connectivity index (χ3v) is 8.65. The van der Waals surface area contributed by atoms with Crippen molar-refractivity contribution in [3.8, 4) is 0 Å². The molecule has 0 aromatic heterocycles. The van der Waals surface area contributed by atoms with E-state index in [1.54, 1.807) is 41.5 Å². The Morgan fingerprint density at radius 2 is 1.75 bits per heavy atom. The van der Waals surface area contributed by atoms with Gasteiger partial charge in [0.25, 0.3) is 0 Å². The number of aliphatic hydroxyl groups excluding tert-OH is 1. The number of hydrogen-bond donors (Lipinski definition) is 6. The zero-order chi connectivity index (χ0) is 28.2. The van der Waals surface area contributed by atoms with Gasteiger partial charge in [0.1, 0.15) is 0 Å². The Kier molecular flexibility index (Phi) is 16.0. The Labute approximate surface area is 228 Å². The molecule has 0 aliphatic carbocycles. The topological polar surface area (TPSA) is 146 Å². The van der Waals surface area contributed by atoms with E-state index in [0.29, 0.717) is 24.5 Å². The van der Waals surface area contributed by atoms with Crippen LogP contribution < -0.4 is 20.9 Å². The minimum atomic E-state index is -1.42. The first-order chi connectivity index (χ1) is 16.5. The Morgan fingerprint density at radius 3 is 2.25 bits per heavy atom. The molecule has 0 saturated heterocycles. The Hall–Kier alpha value is -0.720. The second-order valence-corrected chi connectivity index (χ2v) is 14.1. The Morgan fingerprint density at radius 1 is 1.14 bits per heavy atom. The fourth-order valence-electron chi connectivity index (χ4n) is 3.04. The summed E-state index contributed by atoms with van der Waals surface area (Å²) < 4.78 is 4.05. The molecule has 0 aromatic rings. The molecule has 0 spiro atoms. The number of carbonyl (C=O) groups excluding carboxylic acids is 4. The van der Waals surface area contributed by atoms with Gasteiger partial charge in [-0.05, 0) is 0 Å². The molecule has 3 atom stereocenters. The summed E-state index contributed by atoms with van der Waals surface area (Å²) in [6, 6.07) is 0. The predicted octanol–water partition coefficient (Wildman–Crippen LogP) is 2.63. The van der Waals surface area contributed by atoms with Crippen LogP contribution in [0.1, 0.15) is 67.7 Å². The summed E-state index contributed by atoms with van der Waals surface area (Å²) in [4.78, 5) is 53.2. The predicted molar refractivity (Wildman–Crippen MR) is 152 cm³/mol. The number of ether oxygens (including phenoxy) is 1. The van der Waals surface area contributed by atoms with Crippen LogP contribution in [0.4, 0.5) is 4.79 Å². The molecule has 0 fully saturated rings. The molecule has 0 radical (unpaired) electrons. The molecule has 14 heteroatoms. The van der Waals surface area contributed by atoms with Crippen molar-refractivity contribution in [3.63, 3.8) is 0 Å². The Balaban J connectivity index is 5.66. The fourth-order valence-corrected chi connectivity index (χ4v) is 6.54. The van der Waals surface area contributed by atoms with Gasteiger partial charge in [0.05, 0.1) is 0 Å². The van der Waals surface area contributed by atoms with E-state index in [0.717, 1.165) is 0 Å². The average molecular weight is 586 g/mol. The van der Waals surface area contributed by atoms with Crippen LogP contribution in [-0.2, 0) is 29.2 Å². The minimum absolute atomic E-state index is 0.0931. The van der Waals surface area contributed by atoms with Crippen molar-refractivity contribution in [2.75, 3.05) is 24.6 Å². The molecule has 5 N–H and O–H groups in total. The molecular weight excluding hydrogens is 543 g/mol. The van der Waals surface area contributed by atoms with E-state index in [9.17, 15) is 24.3 Å². The van der Waals surface area contributed by atoms with E-state index in [-0.39, 0.29) is 36.3 Å². The van der Waals surface area contributed by atoms with Crippen molar-refractivity contribution in [2.45, 2.75) is 84.2 Å². The molecule has 0 aromatic carbocycles. The van der Waals surface area contributed by atoms with Crippen LogP contribution in [0.5, 0.6) is 0 Å². The van der Waals surface area contributed by atoms with Crippen molar-refractivity contribution in [2.24, 2.45) is 5.41 Å². The van der Waals surface area contributed by atoms with Crippen LogP contribution in [0.3, 0.4) is 0 Å². The van der Waals surface area contributed by atoms with Gasteiger partial charge >= 0.3 is 229 Å². The summed E-state index contributed by atoms with van der Waals surface area (Å²) in [6.07, 6.45) is -0.689. The van der Waals surface area contributed by atoms with E-state index < -0.39 is 38.0 Å². The van der Waals surface area contributed by atoms with Crippen LogP contribution in [0.2, 0.25) is 0 Å². The van der Waals surface area contributed by atoms with Gasteiger partial charge in [0.15, 0.2) is 0 Å². The van der Waals surface area contributed by atoms with Crippen LogP contribution in [0.15, 0.2) is 0 Å². The van der Waals surface area contributed by atoms with Crippen molar-refractivity contribution < 1.29 is 29.0 Å². The first-order valence-electron chi connectivity index (χ1n) is 11.7. The number of aliphatic hydroxyl groups is 1. The summed E-state index contributed by atoms with van der Waals surface area (Å²) in [5, 5.41) is 14.7. The second kappa shape index (κ2) is 16.3. The summed E-state index contributed by atoms with van der Waals surface area (Å²) in [5.74, 6) is 0.412. The second-order valence-electron chi connectivity index (χ2n) is 9.85. The van der Waals surface area contributed by atoms with Crippen LogP contribution in [-0.4, -0.2) is 69.2 Å². The van der Waals surface area contributed by atoms with Gasteiger partial charge in [-0.15, -0.1) is 0 Å². The molecule has 10 nitrogen and oxygen atoms in total. The van der Waals surface area contributed by atoms with Gasteiger partial charge in [-0.25, -0.2) is 0 Å². The van der Waals surface area contributed by atoms with Crippen LogP contribution >= 0.6 is 32.2 Å². The number of rotatable bonds is 14. The summed E-state index contributed by atoms with van der Waals surface area (Å²) in [7, 11) is 2.95. The maximum atomic E-state index is 13.6.